The van der Waals surface area contributed by atoms with Crippen LogP contribution in [0, 0.1) is 5.82 Å². The van der Waals surface area contributed by atoms with Crippen LogP contribution in [0.4, 0.5) is 4.39 Å². The average Bonchev–Trinajstić information content (AvgIpc) is 3.05. The number of fused-ring (bicyclic) bond motifs is 1. The van der Waals surface area contributed by atoms with Crippen LogP contribution in [0.1, 0.15) is 47.5 Å². The van der Waals surface area contributed by atoms with Crippen LogP contribution in [-0.2, 0) is 4.79 Å². The third-order valence-corrected chi connectivity index (χ3v) is 3.57. The summed E-state index contributed by atoms with van der Waals surface area (Å²) in [5.41, 5.74) is 0.868. The second-order valence-corrected chi connectivity index (χ2v) is 5.07. The highest BCUT2D eigenvalue weighted by atomic mass is 19.1. The molecular formula is C14H14FNO2. The second kappa shape index (κ2) is 4.19. The first-order valence-electron chi connectivity index (χ1n) is 6.26. The summed E-state index contributed by atoms with van der Waals surface area (Å²) in [6.07, 6.45) is 2.51. The van der Waals surface area contributed by atoms with Crippen molar-refractivity contribution in [3.05, 3.63) is 35.1 Å². The van der Waals surface area contributed by atoms with E-state index in [1.54, 1.807) is 12.1 Å². The van der Waals surface area contributed by atoms with Gasteiger partial charge >= 0.3 is 0 Å². The molecule has 3 rings (SSSR count). The van der Waals surface area contributed by atoms with E-state index >= 15 is 0 Å². The van der Waals surface area contributed by atoms with Gasteiger partial charge in [-0.05, 0) is 18.9 Å². The molecule has 1 N–H and O–H groups in total. The number of hydrogen-bond donors (Lipinski definition) is 1. The van der Waals surface area contributed by atoms with Gasteiger partial charge in [-0.15, -0.1) is 0 Å². The molecule has 0 aliphatic heterocycles. The summed E-state index contributed by atoms with van der Waals surface area (Å²) in [4.78, 5) is 23.5. The maximum Gasteiger partial charge on any atom is 0.220 e. The van der Waals surface area contributed by atoms with Crippen LogP contribution in [0.25, 0.3) is 0 Å². The van der Waals surface area contributed by atoms with Crippen molar-refractivity contribution in [1.29, 1.82) is 0 Å². The first-order valence-corrected chi connectivity index (χ1v) is 6.26. The van der Waals surface area contributed by atoms with Crippen LogP contribution in [0.2, 0.25) is 0 Å². The minimum Gasteiger partial charge on any atom is -0.353 e. The summed E-state index contributed by atoms with van der Waals surface area (Å²) in [7, 11) is 0. The second-order valence-electron chi connectivity index (χ2n) is 5.07. The summed E-state index contributed by atoms with van der Waals surface area (Å²) < 4.78 is 13.8. The van der Waals surface area contributed by atoms with Crippen LogP contribution in [0.15, 0.2) is 18.2 Å². The lowest BCUT2D eigenvalue weighted by molar-refractivity contribution is -0.121. The lowest BCUT2D eigenvalue weighted by Gasteiger charge is -2.11. The largest absolute Gasteiger partial charge is 0.353 e. The molecule has 1 atom stereocenters. The predicted octanol–water partition coefficient (Wildman–Crippen LogP) is 2.16. The number of benzene rings is 1. The molecule has 2 aliphatic carbocycles. The summed E-state index contributed by atoms with van der Waals surface area (Å²) in [6, 6.07) is 4.83. The quantitative estimate of drug-likeness (QED) is 0.889. The Kier molecular flexibility index (Phi) is 2.65. The molecule has 0 saturated heterocycles. The number of ketones is 1. The molecule has 0 bridgehead atoms. The number of carbonyl (C=O) groups excluding carboxylic acids is 2. The predicted molar refractivity (Wildman–Crippen MR) is 63.9 cm³/mol. The molecule has 1 fully saturated rings. The number of nitrogens with one attached hydrogen (secondary N) is 1. The fourth-order valence-corrected chi connectivity index (χ4v) is 2.54. The van der Waals surface area contributed by atoms with Gasteiger partial charge in [0.2, 0.25) is 5.91 Å². The lowest BCUT2D eigenvalue weighted by Crippen LogP contribution is -2.26. The highest BCUT2D eigenvalue weighted by Gasteiger charge is 2.34. The molecule has 94 valence electrons. The van der Waals surface area contributed by atoms with Crippen molar-refractivity contribution in [3.63, 3.8) is 0 Å². The Morgan fingerprint density at radius 2 is 2.17 bits per heavy atom. The highest BCUT2D eigenvalue weighted by Crippen LogP contribution is 2.37. The summed E-state index contributed by atoms with van der Waals surface area (Å²) >= 11 is 0. The third-order valence-electron chi connectivity index (χ3n) is 3.57. The van der Waals surface area contributed by atoms with Gasteiger partial charge < -0.3 is 5.32 Å². The molecule has 0 radical (unpaired) electrons. The molecule has 4 heteroatoms. The minimum absolute atomic E-state index is 0.0614. The van der Waals surface area contributed by atoms with Gasteiger partial charge in [0.15, 0.2) is 5.78 Å². The number of carbonyl (C=O) groups is 2. The fourth-order valence-electron chi connectivity index (χ4n) is 2.54. The molecule has 1 unspecified atom stereocenters. The Hall–Kier alpha value is -1.71. The van der Waals surface area contributed by atoms with Crippen molar-refractivity contribution in [2.75, 3.05) is 0 Å². The molecule has 1 amide bonds. The topological polar surface area (TPSA) is 46.2 Å². The van der Waals surface area contributed by atoms with Gasteiger partial charge in [-0.2, -0.15) is 0 Å². The Balaban J connectivity index is 1.79. The van der Waals surface area contributed by atoms with Gasteiger partial charge in [0, 0.05) is 35.9 Å². The van der Waals surface area contributed by atoms with Crippen molar-refractivity contribution >= 4 is 11.7 Å². The maximum atomic E-state index is 13.8. The number of Topliss-reactive ketones (excluding diaryl/α,β-unsaturated/α-hetero) is 1. The van der Waals surface area contributed by atoms with Crippen LogP contribution < -0.4 is 5.32 Å². The zero-order valence-corrected chi connectivity index (χ0v) is 9.91. The zero-order chi connectivity index (χ0) is 12.7. The average molecular weight is 247 g/mol. The van der Waals surface area contributed by atoms with Crippen LogP contribution in [0.3, 0.4) is 0 Å². The number of rotatable bonds is 3. The number of amides is 1. The van der Waals surface area contributed by atoms with Gasteiger partial charge in [-0.25, -0.2) is 4.39 Å². The molecule has 0 heterocycles. The Morgan fingerprint density at radius 1 is 1.39 bits per heavy atom. The molecule has 1 aromatic carbocycles. The molecule has 0 spiro atoms. The first kappa shape index (κ1) is 11.4. The number of halogens is 1. The molecule has 1 saturated carbocycles. The molecule has 1 aromatic rings. The zero-order valence-electron chi connectivity index (χ0n) is 9.91. The van der Waals surface area contributed by atoms with E-state index in [-0.39, 0.29) is 36.3 Å². The summed E-state index contributed by atoms with van der Waals surface area (Å²) in [5, 5.41) is 2.87. The van der Waals surface area contributed by atoms with Crippen molar-refractivity contribution in [2.45, 2.75) is 37.6 Å². The lowest BCUT2D eigenvalue weighted by atomic mass is 9.97. The Labute approximate surface area is 104 Å². The monoisotopic (exact) mass is 247 g/mol. The van der Waals surface area contributed by atoms with Crippen molar-refractivity contribution in [3.8, 4) is 0 Å². The highest BCUT2D eigenvalue weighted by molar-refractivity contribution is 6.02. The normalized spacial score (nSPS) is 21.8. The molecule has 0 aromatic heterocycles. The van der Waals surface area contributed by atoms with Gasteiger partial charge in [-0.3, -0.25) is 9.59 Å². The van der Waals surface area contributed by atoms with E-state index in [9.17, 15) is 14.0 Å². The minimum atomic E-state index is -0.373. The van der Waals surface area contributed by atoms with E-state index in [0.29, 0.717) is 17.2 Å². The van der Waals surface area contributed by atoms with Crippen LogP contribution in [0.5, 0.6) is 0 Å². The van der Waals surface area contributed by atoms with E-state index in [1.165, 1.54) is 6.07 Å². The molecular weight excluding hydrogens is 233 g/mol. The Morgan fingerprint density at radius 3 is 2.89 bits per heavy atom. The van der Waals surface area contributed by atoms with Crippen LogP contribution >= 0.6 is 0 Å². The van der Waals surface area contributed by atoms with Crippen molar-refractivity contribution in [1.82, 2.24) is 5.32 Å². The fraction of sp³-hybridized carbons (Fsp3) is 0.429. The maximum absolute atomic E-state index is 13.8. The first-order chi connectivity index (χ1) is 8.65. The standard InChI is InChI=1S/C14H14FNO2/c15-11-3-1-2-10-12(17)6-8(14(10)11)7-13(18)16-9-4-5-9/h1-3,8-9H,4-7H2,(H,16,18). The Bertz CT molecular complexity index is 523. The smallest absolute Gasteiger partial charge is 0.220 e. The van der Waals surface area contributed by atoms with Gasteiger partial charge in [0.25, 0.3) is 0 Å². The molecule has 18 heavy (non-hydrogen) atoms. The van der Waals surface area contributed by atoms with E-state index in [2.05, 4.69) is 5.32 Å². The number of hydrogen-bond acceptors (Lipinski definition) is 2. The van der Waals surface area contributed by atoms with Crippen molar-refractivity contribution < 1.29 is 14.0 Å². The van der Waals surface area contributed by atoms with Gasteiger partial charge in [0.05, 0.1) is 0 Å². The summed E-state index contributed by atoms with van der Waals surface area (Å²) in [6.45, 7) is 0. The molecule has 3 nitrogen and oxygen atoms in total. The van der Waals surface area contributed by atoms with E-state index in [0.717, 1.165) is 12.8 Å². The van der Waals surface area contributed by atoms with Gasteiger partial charge in [0.1, 0.15) is 5.82 Å². The van der Waals surface area contributed by atoms with E-state index < -0.39 is 0 Å². The van der Waals surface area contributed by atoms with E-state index in [4.69, 9.17) is 0 Å². The molecule has 2 aliphatic rings. The third kappa shape index (κ3) is 2.03. The van der Waals surface area contributed by atoms with E-state index in [1.807, 2.05) is 0 Å². The van der Waals surface area contributed by atoms with Crippen molar-refractivity contribution in [2.24, 2.45) is 0 Å². The van der Waals surface area contributed by atoms with Gasteiger partial charge in [-0.1, -0.05) is 12.1 Å². The summed E-state index contributed by atoms with van der Waals surface area (Å²) in [5.74, 6) is -0.810. The SMILES string of the molecule is O=C(CC1CC(=O)c2cccc(F)c21)NC1CC1. The van der Waals surface area contributed by atoms with Crippen LogP contribution in [-0.4, -0.2) is 17.7 Å².